The van der Waals surface area contributed by atoms with Gasteiger partial charge in [-0.15, -0.1) is 0 Å². The van der Waals surface area contributed by atoms with Crippen molar-refractivity contribution < 1.29 is 18.4 Å². The molecule has 2 N–H and O–H groups in total. The van der Waals surface area contributed by atoms with Gasteiger partial charge in [-0.2, -0.15) is 0 Å². The highest BCUT2D eigenvalue weighted by Crippen LogP contribution is 2.22. The summed E-state index contributed by atoms with van der Waals surface area (Å²) in [4.78, 5) is 27.0. The van der Waals surface area contributed by atoms with Crippen LogP contribution in [0, 0.1) is 12.7 Å². The molecule has 128 valence electrons. The van der Waals surface area contributed by atoms with Crippen LogP contribution in [0.15, 0.2) is 28.7 Å². The maximum Gasteiger partial charge on any atom is 0.226 e. The van der Waals surface area contributed by atoms with Crippen molar-refractivity contribution in [3.63, 3.8) is 0 Å². The number of carbonyl (C=O) groups excluding carboxylic acids is 2. The number of carbonyl (C=O) groups is 2. The van der Waals surface area contributed by atoms with E-state index in [0.717, 1.165) is 0 Å². The number of hydrogen-bond acceptors (Lipinski definition) is 4. The largest absolute Gasteiger partial charge is 0.441 e. The Kier molecular flexibility index (Phi) is 6.06. The van der Waals surface area contributed by atoms with E-state index in [0.29, 0.717) is 42.4 Å². The van der Waals surface area contributed by atoms with Crippen LogP contribution in [-0.2, 0) is 16.0 Å². The average Bonchev–Trinajstić information content (AvgIpc) is 2.88. The molecule has 0 bridgehead atoms. The van der Waals surface area contributed by atoms with Gasteiger partial charge in [0.05, 0.1) is 12.1 Å². The predicted molar refractivity (Wildman–Crippen MR) is 86.6 cm³/mol. The van der Waals surface area contributed by atoms with Crippen molar-refractivity contribution in [3.05, 3.63) is 41.5 Å². The minimum Gasteiger partial charge on any atom is -0.441 e. The number of rotatable bonds is 7. The maximum absolute atomic E-state index is 12.9. The van der Waals surface area contributed by atoms with E-state index >= 15 is 0 Å². The van der Waals surface area contributed by atoms with Crippen LogP contribution in [0.2, 0.25) is 0 Å². The first-order valence-corrected chi connectivity index (χ1v) is 7.69. The molecule has 24 heavy (non-hydrogen) atoms. The van der Waals surface area contributed by atoms with Gasteiger partial charge in [0.2, 0.25) is 17.7 Å². The van der Waals surface area contributed by atoms with Crippen molar-refractivity contribution in [2.24, 2.45) is 0 Å². The van der Waals surface area contributed by atoms with E-state index in [2.05, 4.69) is 15.6 Å². The fraction of sp³-hybridized carbons (Fsp3) is 0.353. The summed E-state index contributed by atoms with van der Waals surface area (Å²) < 4.78 is 18.5. The van der Waals surface area contributed by atoms with Crippen molar-refractivity contribution in [2.75, 3.05) is 13.1 Å². The molecule has 0 atom stereocenters. The van der Waals surface area contributed by atoms with E-state index < -0.39 is 0 Å². The summed E-state index contributed by atoms with van der Waals surface area (Å²) in [7, 11) is 0. The Bertz CT molecular complexity index is 710. The van der Waals surface area contributed by atoms with Crippen LogP contribution < -0.4 is 10.6 Å². The molecular weight excluding hydrogens is 313 g/mol. The fourth-order valence-corrected chi connectivity index (χ4v) is 2.10. The number of oxazole rings is 1. The maximum atomic E-state index is 12.9. The molecule has 0 saturated heterocycles. The van der Waals surface area contributed by atoms with E-state index in [9.17, 15) is 14.0 Å². The van der Waals surface area contributed by atoms with Gasteiger partial charge in [-0.1, -0.05) is 0 Å². The summed E-state index contributed by atoms with van der Waals surface area (Å²) in [5.41, 5.74) is 1.20. The summed E-state index contributed by atoms with van der Waals surface area (Å²) in [5, 5.41) is 5.43. The molecule has 2 aromatic rings. The average molecular weight is 333 g/mol. The Morgan fingerprint density at radius 2 is 1.83 bits per heavy atom. The third-order valence-electron chi connectivity index (χ3n) is 3.36. The molecule has 0 unspecified atom stereocenters. The van der Waals surface area contributed by atoms with Gasteiger partial charge >= 0.3 is 0 Å². The molecule has 0 aliphatic carbocycles. The lowest BCUT2D eigenvalue weighted by Crippen LogP contribution is -2.29. The Balaban J connectivity index is 1.87. The normalized spacial score (nSPS) is 10.5. The summed E-state index contributed by atoms with van der Waals surface area (Å²) in [6, 6.07) is 5.81. The Labute approximate surface area is 139 Å². The van der Waals surface area contributed by atoms with E-state index in [4.69, 9.17) is 4.42 Å². The number of aryl methyl sites for hydroxylation is 1. The molecule has 0 radical (unpaired) electrons. The molecule has 1 aromatic heterocycles. The van der Waals surface area contributed by atoms with Crippen molar-refractivity contribution in [2.45, 2.75) is 26.7 Å². The van der Waals surface area contributed by atoms with Crippen molar-refractivity contribution in [1.82, 2.24) is 15.6 Å². The summed E-state index contributed by atoms with van der Waals surface area (Å²) in [6.07, 6.45) is 0.764. The molecule has 0 spiro atoms. The SMILES string of the molecule is CC(=O)NCCCNC(=O)Cc1nc(-c2ccc(F)cc2)oc1C. The van der Waals surface area contributed by atoms with E-state index in [-0.39, 0.29) is 24.1 Å². The number of aromatic nitrogens is 1. The lowest BCUT2D eigenvalue weighted by Gasteiger charge is -2.04. The monoisotopic (exact) mass is 333 g/mol. The van der Waals surface area contributed by atoms with Crippen LogP contribution in [0.1, 0.15) is 24.8 Å². The lowest BCUT2D eigenvalue weighted by molar-refractivity contribution is -0.120. The molecule has 0 aliphatic heterocycles. The number of nitrogens with zero attached hydrogens (tertiary/aromatic N) is 1. The molecule has 0 fully saturated rings. The number of nitrogens with one attached hydrogen (secondary N) is 2. The number of halogens is 1. The zero-order valence-corrected chi connectivity index (χ0v) is 13.7. The first-order valence-electron chi connectivity index (χ1n) is 7.69. The number of hydrogen-bond donors (Lipinski definition) is 2. The zero-order chi connectivity index (χ0) is 17.5. The van der Waals surface area contributed by atoms with E-state index in [1.54, 1.807) is 19.1 Å². The van der Waals surface area contributed by atoms with Crippen LogP contribution in [0.3, 0.4) is 0 Å². The highest BCUT2D eigenvalue weighted by atomic mass is 19.1. The summed E-state index contributed by atoms with van der Waals surface area (Å²) in [6.45, 7) is 4.18. The highest BCUT2D eigenvalue weighted by Gasteiger charge is 2.14. The molecule has 2 amide bonds. The molecule has 0 aliphatic rings. The molecule has 0 saturated carbocycles. The number of amides is 2. The van der Waals surface area contributed by atoms with E-state index in [1.165, 1.54) is 19.1 Å². The van der Waals surface area contributed by atoms with Crippen molar-refractivity contribution in [3.8, 4) is 11.5 Å². The minimum atomic E-state index is -0.333. The quantitative estimate of drug-likeness (QED) is 0.759. The molecule has 2 rings (SSSR count). The van der Waals surface area contributed by atoms with Crippen LogP contribution in [0.25, 0.3) is 11.5 Å². The Hall–Kier alpha value is -2.70. The second-order valence-electron chi connectivity index (χ2n) is 5.39. The van der Waals surface area contributed by atoms with E-state index in [1.807, 2.05) is 0 Å². The predicted octanol–water partition coefficient (Wildman–Crippen LogP) is 1.97. The first kappa shape index (κ1) is 17.7. The smallest absolute Gasteiger partial charge is 0.226 e. The summed E-state index contributed by atoms with van der Waals surface area (Å²) >= 11 is 0. The fourth-order valence-electron chi connectivity index (χ4n) is 2.10. The van der Waals surface area contributed by atoms with Gasteiger partial charge in [-0.25, -0.2) is 9.37 Å². The first-order chi connectivity index (χ1) is 11.5. The van der Waals surface area contributed by atoms with Crippen molar-refractivity contribution in [1.29, 1.82) is 0 Å². The minimum absolute atomic E-state index is 0.0899. The van der Waals surface area contributed by atoms with Gasteiger partial charge in [0.25, 0.3) is 0 Å². The summed E-state index contributed by atoms with van der Waals surface area (Å²) in [5.74, 6) is 0.331. The Morgan fingerprint density at radius 3 is 2.50 bits per heavy atom. The van der Waals surface area contributed by atoms with Gasteiger partial charge in [0, 0.05) is 25.6 Å². The van der Waals surface area contributed by atoms with Crippen LogP contribution in [-0.4, -0.2) is 29.9 Å². The molecular formula is C17H20FN3O3. The van der Waals surface area contributed by atoms with Crippen LogP contribution in [0.4, 0.5) is 4.39 Å². The lowest BCUT2D eigenvalue weighted by atomic mass is 10.2. The van der Waals surface area contributed by atoms with Gasteiger partial charge < -0.3 is 15.1 Å². The standard InChI is InChI=1S/C17H20FN3O3/c1-11-15(10-16(23)20-9-3-8-19-12(2)22)21-17(24-11)13-4-6-14(18)7-5-13/h4-7H,3,8-10H2,1-2H3,(H,19,22)(H,20,23). The van der Waals surface area contributed by atoms with Gasteiger partial charge in [-0.05, 0) is 37.6 Å². The number of benzene rings is 1. The van der Waals surface area contributed by atoms with Crippen LogP contribution >= 0.6 is 0 Å². The van der Waals surface area contributed by atoms with Crippen molar-refractivity contribution >= 4 is 11.8 Å². The zero-order valence-electron chi connectivity index (χ0n) is 13.7. The third-order valence-corrected chi connectivity index (χ3v) is 3.36. The Morgan fingerprint density at radius 1 is 1.17 bits per heavy atom. The molecule has 1 heterocycles. The third kappa shape index (κ3) is 5.19. The molecule has 7 heteroatoms. The second-order valence-corrected chi connectivity index (χ2v) is 5.39. The van der Waals surface area contributed by atoms with Gasteiger partial charge in [0.1, 0.15) is 11.6 Å². The van der Waals surface area contributed by atoms with Gasteiger partial charge in [-0.3, -0.25) is 9.59 Å². The van der Waals surface area contributed by atoms with Gasteiger partial charge in [0.15, 0.2) is 0 Å². The second kappa shape index (κ2) is 8.24. The molecule has 1 aromatic carbocycles. The highest BCUT2D eigenvalue weighted by molar-refractivity contribution is 5.78. The topological polar surface area (TPSA) is 84.2 Å². The van der Waals surface area contributed by atoms with Crippen LogP contribution in [0.5, 0.6) is 0 Å². The molecule has 6 nitrogen and oxygen atoms in total.